The zero-order valence-corrected chi connectivity index (χ0v) is 15.5. The van der Waals surface area contributed by atoms with Crippen molar-refractivity contribution in [2.45, 2.75) is 13.3 Å². The molecule has 0 unspecified atom stereocenters. The molecule has 0 atom stereocenters. The molecular formula is C20H21ClN4O. The molecule has 6 heteroatoms. The van der Waals surface area contributed by atoms with Crippen molar-refractivity contribution < 1.29 is 4.74 Å². The second kappa shape index (κ2) is 8.54. The summed E-state index contributed by atoms with van der Waals surface area (Å²) in [6.07, 6.45) is 2.60. The first-order valence-electron chi connectivity index (χ1n) is 8.37. The molecule has 1 aromatic heterocycles. The first-order chi connectivity index (χ1) is 12.6. The molecule has 2 N–H and O–H groups in total. The van der Waals surface area contributed by atoms with E-state index in [0.717, 1.165) is 35.8 Å². The van der Waals surface area contributed by atoms with Gasteiger partial charge in [0.25, 0.3) is 0 Å². The van der Waals surface area contributed by atoms with Crippen LogP contribution in [-0.4, -0.2) is 23.6 Å². The number of methoxy groups -OCH3 is 1. The summed E-state index contributed by atoms with van der Waals surface area (Å²) in [5, 5.41) is 7.22. The van der Waals surface area contributed by atoms with E-state index in [1.807, 2.05) is 43.3 Å². The lowest BCUT2D eigenvalue weighted by Crippen LogP contribution is -2.08. The van der Waals surface area contributed by atoms with Gasteiger partial charge in [-0.15, -0.1) is 0 Å². The molecule has 0 radical (unpaired) electrons. The molecule has 2 aromatic carbocycles. The summed E-state index contributed by atoms with van der Waals surface area (Å²) >= 11 is 6.07. The van der Waals surface area contributed by atoms with Gasteiger partial charge in [-0.05, 0) is 54.8 Å². The second-order valence-electron chi connectivity index (χ2n) is 5.87. The van der Waals surface area contributed by atoms with Gasteiger partial charge < -0.3 is 15.4 Å². The van der Waals surface area contributed by atoms with Crippen LogP contribution in [0.2, 0.25) is 5.02 Å². The summed E-state index contributed by atoms with van der Waals surface area (Å²) in [7, 11) is 1.67. The number of nitrogens with one attached hydrogen (secondary N) is 2. The van der Waals surface area contributed by atoms with Crippen LogP contribution in [0.25, 0.3) is 0 Å². The third-order valence-corrected chi connectivity index (χ3v) is 4.21. The highest BCUT2D eigenvalue weighted by molar-refractivity contribution is 6.30. The molecule has 1 heterocycles. The fraction of sp³-hybridized carbons (Fsp3) is 0.200. The van der Waals surface area contributed by atoms with Crippen LogP contribution in [0.3, 0.4) is 0 Å². The van der Waals surface area contributed by atoms with Gasteiger partial charge in [0.2, 0.25) is 5.95 Å². The number of nitrogens with zero attached hydrogens (tertiary/aromatic N) is 2. The Kier molecular flexibility index (Phi) is 5.92. The predicted octanol–water partition coefficient (Wildman–Crippen LogP) is 4.85. The minimum absolute atomic E-state index is 0.586. The molecule has 0 saturated carbocycles. The van der Waals surface area contributed by atoms with Crippen molar-refractivity contribution in [1.29, 1.82) is 0 Å². The molecule has 0 amide bonds. The number of hydrogen-bond donors (Lipinski definition) is 2. The molecule has 0 spiro atoms. The second-order valence-corrected chi connectivity index (χ2v) is 6.31. The smallest absolute Gasteiger partial charge is 0.224 e. The van der Waals surface area contributed by atoms with E-state index in [2.05, 4.69) is 32.7 Å². The summed E-state index contributed by atoms with van der Waals surface area (Å²) in [5.74, 6) is 2.17. The van der Waals surface area contributed by atoms with Crippen molar-refractivity contribution in [1.82, 2.24) is 9.97 Å². The van der Waals surface area contributed by atoms with Crippen molar-refractivity contribution in [3.05, 3.63) is 70.9 Å². The normalized spacial score (nSPS) is 10.4. The van der Waals surface area contributed by atoms with E-state index in [0.29, 0.717) is 11.0 Å². The highest BCUT2D eigenvalue weighted by atomic mass is 35.5. The Hall–Kier alpha value is -2.79. The van der Waals surface area contributed by atoms with Crippen LogP contribution in [0.5, 0.6) is 5.75 Å². The number of anilines is 3. The zero-order valence-electron chi connectivity index (χ0n) is 14.8. The monoisotopic (exact) mass is 368 g/mol. The summed E-state index contributed by atoms with van der Waals surface area (Å²) in [4.78, 5) is 8.77. The number of aromatic nitrogens is 2. The van der Waals surface area contributed by atoms with Crippen molar-refractivity contribution >= 4 is 29.1 Å². The van der Waals surface area contributed by atoms with Crippen LogP contribution in [-0.2, 0) is 6.42 Å². The van der Waals surface area contributed by atoms with E-state index in [1.165, 1.54) is 5.56 Å². The van der Waals surface area contributed by atoms with Gasteiger partial charge in [0.15, 0.2) is 0 Å². The molecule has 5 nitrogen and oxygen atoms in total. The van der Waals surface area contributed by atoms with E-state index in [9.17, 15) is 0 Å². The molecular weight excluding hydrogens is 348 g/mol. The highest BCUT2D eigenvalue weighted by Crippen LogP contribution is 2.23. The van der Waals surface area contributed by atoms with Gasteiger partial charge in [0.1, 0.15) is 11.6 Å². The topological polar surface area (TPSA) is 59.1 Å². The van der Waals surface area contributed by atoms with Crippen LogP contribution in [0.1, 0.15) is 11.1 Å². The maximum Gasteiger partial charge on any atom is 0.224 e. The molecule has 0 aliphatic carbocycles. The Balaban J connectivity index is 1.59. The Labute approximate surface area is 158 Å². The number of hydrogen-bond acceptors (Lipinski definition) is 5. The van der Waals surface area contributed by atoms with Crippen molar-refractivity contribution in [2.75, 3.05) is 24.3 Å². The van der Waals surface area contributed by atoms with Crippen LogP contribution in [0.15, 0.2) is 54.7 Å². The standard InChI is InChI=1S/C20H21ClN4O/c1-14-3-6-16(21)13-18(14)24-19-10-12-23-20(25-19)22-11-9-15-4-7-17(26-2)8-5-15/h3-8,10,12-13H,9,11H2,1-2H3,(H2,22,23,24,25). The van der Waals surface area contributed by atoms with Crippen molar-refractivity contribution in [2.24, 2.45) is 0 Å². The molecule has 0 aliphatic rings. The summed E-state index contributed by atoms with van der Waals surface area (Å²) in [5.41, 5.74) is 3.25. The number of rotatable bonds is 7. The molecule has 0 fully saturated rings. The van der Waals surface area contributed by atoms with E-state index in [1.54, 1.807) is 13.3 Å². The lowest BCUT2D eigenvalue weighted by molar-refractivity contribution is 0.414. The Morgan fingerprint density at radius 2 is 1.88 bits per heavy atom. The minimum atomic E-state index is 0.586. The van der Waals surface area contributed by atoms with Crippen LogP contribution in [0.4, 0.5) is 17.5 Å². The van der Waals surface area contributed by atoms with Crippen LogP contribution < -0.4 is 15.4 Å². The predicted molar refractivity (Wildman–Crippen MR) is 107 cm³/mol. The summed E-state index contributed by atoms with van der Waals surface area (Å²) in [6.45, 7) is 2.76. The SMILES string of the molecule is COc1ccc(CCNc2nccc(Nc3cc(Cl)ccc3C)n2)cc1. The molecule has 3 aromatic rings. The van der Waals surface area contributed by atoms with Gasteiger partial charge in [-0.1, -0.05) is 29.8 Å². The Bertz CT molecular complexity index is 868. The van der Waals surface area contributed by atoms with E-state index >= 15 is 0 Å². The zero-order chi connectivity index (χ0) is 18.4. The molecule has 3 rings (SSSR count). The average Bonchev–Trinajstić information content (AvgIpc) is 2.66. The number of benzene rings is 2. The van der Waals surface area contributed by atoms with Gasteiger partial charge >= 0.3 is 0 Å². The van der Waals surface area contributed by atoms with Crippen LogP contribution in [0, 0.1) is 6.92 Å². The third-order valence-electron chi connectivity index (χ3n) is 3.97. The number of aryl methyl sites for hydroxylation is 1. The van der Waals surface area contributed by atoms with Gasteiger partial charge in [-0.2, -0.15) is 4.98 Å². The molecule has 0 saturated heterocycles. The van der Waals surface area contributed by atoms with E-state index in [-0.39, 0.29) is 0 Å². The Morgan fingerprint density at radius 1 is 1.08 bits per heavy atom. The minimum Gasteiger partial charge on any atom is -0.497 e. The maximum atomic E-state index is 6.07. The maximum absolute atomic E-state index is 6.07. The average molecular weight is 369 g/mol. The first kappa shape index (κ1) is 18.0. The Morgan fingerprint density at radius 3 is 2.65 bits per heavy atom. The fourth-order valence-corrected chi connectivity index (χ4v) is 2.66. The first-order valence-corrected chi connectivity index (χ1v) is 8.75. The summed E-state index contributed by atoms with van der Waals surface area (Å²) < 4.78 is 5.17. The molecule has 0 bridgehead atoms. The lowest BCUT2D eigenvalue weighted by atomic mass is 10.1. The quantitative estimate of drug-likeness (QED) is 0.624. The molecule has 134 valence electrons. The van der Waals surface area contributed by atoms with Crippen molar-refractivity contribution in [3.63, 3.8) is 0 Å². The number of ether oxygens (including phenoxy) is 1. The van der Waals surface area contributed by atoms with E-state index in [4.69, 9.17) is 16.3 Å². The molecule has 26 heavy (non-hydrogen) atoms. The largest absolute Gasteiger partial charge is 0.497 e. The third kappa shape index (κ3) is 4.86. The molecule has 0 aliphatic heterocycles. The number of halogens is 1. The fourth-order valence-electron chi connectivity index (χ4n) is 2.49. The van der Waals surface area contributed by atoms with E-state index < -0.39 is 0 Å². The van der Waals surface area contributed by atoms with Gasteiger partial charge in [-0.25, -0.2) is 4.98 Å². The van der Waals surface area contributed by atoms with Gasteiger partial charge in [0, 0.05) is 23.5 Å². The van der Waals surface area contributed by atoms with Crippen LogP contribution >= 0.6 is 11.6 Å². The highest BCUT2D eigenvalue weighted by Gasteiger charge is 2.03. The lowest BCUT2D eigenvalue weighted by Gasteiger charge is -2.11. The van der Waals surface area contributed by atoms with Crippen molar-refractivity contribution in [3.8, 4) is 5.75 Å². The van der Waals surface area contributed by atoms with Gasteiger partial charge in [0.05, 0.1) is 7.11 Å². The summed E-state index contributed by atoms with van der Waals surface area (Å²) in [6, 6.07) is 15.6. The van der Waals surface area contributed by atoms with Gasteiger partial charge in [-0.3, -0.25) is 0 Å².